The Morgan fingerprint density at radius 2 is 2.27 bits per heavy atom. The molecule has 0 saturated carbocycles. The zero-order chi connectivity index (χ0) is 10.7. The van der Waals surface area contributed by atoms with Crippen LogP contribution in [0.15, 0.2) is 24.3 Å². The van der Waals surface area contributed by atoms with E-state index < -0.39 is 5.82 Å². The molecule has 0 unspecified atom stereocenters. The molecular formula is C11H13FN2O. The van der Waals surface area contributed by atoms with Gasteiger partial charge in [0, 0.05) is 12.6 Å². The number of carbonyl (C=O) groups excluding carboxylic acids is 1. The van der Waals surface area contributed by atoms with Gasteiger partial charge in [-0.3, -0.25) is 4.79 Å². The minimum atomic E-state index is -0.471. The zero-order valence-corrected chi connectivity index (χ0v) is 8.29. The largest absolute Gasteiger partial charge is 0.348 e. The topological polar surface area (TPSA) is 41.1 Å². The van der Waals surface area contributed by atoms with E-state index in [9.17, 15) is 9.18 Å². The van der Waals surface area contributed by atoms with E-state index in [0.717, 1.165) is 19.5 Å². The average molecular weight is 208 g/mol. The lowest BCUT2D eigenvalue weighted by molar-refractivity contribution is 0.0936. The highest BCUT2D eigenvalue weighted by Gasteiger charge is 2.18. The molecule has 2 rings (SSSR count). The van der Waals surface area contributed by atoms with Crippen molar-refractivity contribution in [2.75, 3.05) is 13.1 Å². The first-order chi connectivity index (χ1) is 7.27. The van der Waals surface area contributed by atoms with Crippen LogP contribution in [0, 0.1) is 5.82 Å². The number of carbonyl (C=O) groups is 1. The van der Waals surface area contributed by atoms with Gasteiger partial charge in [-0.15, -0.1) is 0 Å². The third-order valence-corrected chi connectivity index (χ3v) is 2.51. The van der Waals surface area contributed by atoms with Crippen LogP contribution in [0.5, 0.6) is 0 Å². The Labute approximate surface area is 87.7 Å². The Balaban J connectivity index is 2.04. The Kier molecular flexibility index (Phi) is 2.97. The summed E-state index contributed by atoms with van der Waals surface area (Å²) in [6.45, 7) is 1.67. The van der Waals surface area contributed by atoms with Crippen LogP contribution in [0.1, 0.15) is 16.8 Å². The Morgan fingerprint density at radius 3 is 2.93 bits per heavy atom. The highest BCUT2D eigenvalue weighted by molar-refractivity contribution is 5.94. The molecule has 1 aliphatic heterocycles. The molecule has 1 atom stereocenters. The monoisotopic (exact) mass is 208 g/mol. The van der Waals surface area contributed by atoms with Crippen molar-refractivity contribution in [1.29, 1.82) is 0 Å². The molecule has 1 aliphatic rings. The normalized spacial score (nSPS) is 20.2. The fourth-order valence-corrected chi connectivity index (χ4v) is 1.69. The van der Waals surface area contributed by atoms with Gasteiger partial charge < -0.3 is 10.6 Å². The highest BCUT2D eigenvalue weighted by Crippen LogP contribution is 2.07. The Bertz CT molecular complexity index is 361. The first-order valence-corrected chi connectivity index (χ1v) is 5.03. The van der Waals surface area contributed by atoms with Crippen molar-refractivity contribution in [1.82, 2.24) is 10.6 Å². The fourth-order valence-electron chi connectivity index (χ4n) is 1.69. The minimum absolute atomic E-state index is 0.115. The molecular weight excluding hydrogens is 195 g/mol. The molecule has 3 nitrogen and oxygen atoms in total. The number of benzene rings is 1. The van der Waals surface area contributed by atoms with E-state index in [4.69, 9.17) is 0 Å². The van der Waals surface area contributed by atoms with E-state index in [1.54, 1.807) is 12.1 Å². The fraction of sp³-hybridized carbons (Fsp3) is 0.364. The van der Waals surface area contributed by atoms with Gasteiger partial charge in [0.15, 0.2) is 0 Å². The maximum absolute atomic E-state index is 13.2. The number of hydrogen-bond donors (Lipinski definition) is 2. The molecule has 0 radical (unpaired) electrons. The molecule has 1 amide bonds. The lowest BCUT2D eigenvalue weighted by atomic mass is 10.1. The molecule has 1 aromatic carbocycles. The predicted molar refractivity (Wildman–Crippen MR) is 55.1 cm³/mol. The summed E-state index contributed by atoms with van der Waals surface area (Å²) < 4.78 is 13.2. The first kappa shape index (κ1) is 10.1. The number of halogens is 1. The van der Waals surface area contributed by atoms with Gasteiger partial charge >= 0.3 is 0 Å². The van der Waals surface area contributed by atoms with Gasteiger partial charge in [0.1, 0.15) is 5.82 Å². The molecule has 0 aromatic heterocycles. The maximum atomic E-state index is 13.2. The van der Waals surface area contributed by atoms with Crippen LogP contribution in [0.25, 0.3) is 0 Å². The molecule has 2 N–H and O–H groups in total. The van der Waals surface area contributed by atoms with E-state index in [-0.39, 0.29) is 17.5 Å². The van der Waals surface area contributed by atoms with E-state index >= 15 is 0 Å². The smallest absolute Gasteiger partial charge is 0.254 e. The lowest BCUT2D eigenvalue weighted by Gasteiger charge is -2.11. The van der Waals surface area contributed by atoms with Gasteiger partial charge in [-0.2, -0.15) is 0 Å². The van der Waals surface area contributed by atoms with Crippen LogP contribution in [-0.4, -0.2) is 25.0 Å². The molecule has 0 bridgehead atoms. The van der Waals surface area contributed by atoms with Crippen molar-refractivity contribution in [3.05, 3.63) is 35.6 Å². The van der Waals surface area contributed by atoms with Gasteiger partial charge in [-0.25, -0.2) is 4.39 Å². The molecule has 80 valence electrons. The summed E-state index contributed by atoms with van der Waals surface area (Å²) in [6, 6.07) is 6.14. The number of nitrogens with one attached hydrogen (secondary N) is 2. The lowest BCUT2D eigenvalue weighted by Crippen LogP contribution is -2.36. The standard InChI is InChI=1S/C11H13FN2O/c12-10-4-2-1-3-9(10)11(15)14-8-5-6-13-7-8/h1-4,8,13H,5-7H2,(H,14,15)/t8-/m0/s1. The summed E-state index contributed by atoms with van der Waals surface area (Å²) in [6.07, 6.45) is 0.903. The van der Waals surface area contributed by atoms with Crippen LogP contribution in [0.3, 0.4) is 0 Å². The van der Waals surface area contributed by atoms with Gasteiger partial charge in [-0.1, -0.05) is 12.1 Å². The molecule has 1 aromatic rings. The SMILES string of the molecule is O=C(N[C@H]1CCNC1)c1ccccc1F. The summed E-state index contributed by atoms with van der Waals surface area (Å²) >= 11 is 0. The highest BCUT2D eigenvalue weighted by atomic mass is 19.1. The van der Waals surface area contributed by atoms with Crippen LogP contribution in [0.4, 0.5) is 4.39 Å². The summed E-state index contributed by atoms with van der Waals surface area (Å²) in [4.78, 5) is 11.6. The summed E-state index contributed by atoms with van der Waals surface area (Å²) in [5.41, 5.74) is 0.115. The van der Waals surface area contributed by atoms with Crippen molar-refractivity contribution < 1.29 is 9.18 Å². The third kappa shape index (κ3) is 2.33. The van der Waals surface area contributed by atoms with Crippen molar-refractivity contribution in [2.24, 2.45) is 0 Å². The minimum Gasteiger partial charge on any atom is -0.348 e. The predicted octanol–water partition coefficient (Wildman–Crippen LogP) is 0.917. The van der Waals surface area contributed by atoms with E-state index in [1.165, 1.54) is 12.1 Å². The number of amides is 1. The molecule has 4 heteroatoms. The molecule has 0 aliphatic carbocycles. The van der Waals surface area contributed by atoms with E-state index in [1.807, 2.05) is 0 Å². The van der Waals surface area contributed by atoms with E-state index in [0.29, 0.717) is 0 Å². The second-order valence-electron chi connectivity index (χ2n) is 3.64. The summed E-state index contributed by atoms with van der Waals surface area (Å²) in [5, 5.41) is 5.93. The molecule has 1 saturated heterocycles. The molecule has 1 heterocycles. The zero-order valence-electron chi connectivity index (χ0n) is 8.29. The third-order valence-electron chi connectivity index (χ3n) is 2.51. The van der Waals surface area contributed by atoms with Gasteiger partial charge in [0.25, 0.3) is 5.91 Å². The van der Waals surface area contributed by atoms with Crippen LogP contribution >= 0.6 is 0 Å². The second kappa shape index (κ2) is 4.40. The van der Waals surface area contributed by atoms with Gasteiger partial charge in [-0.05, 0) is 25.1 Å². The Morgan fingerprint density at radius 1 is 1.47 bits per heavy atom. The van der Waals surface area contributed by atoms with Crippen molar-refractivity contribution >= 4 is 5.91 Å². The summed E-state index contributed by atoms with van der Waals surface area (Å²) in [7, 11) is 0. The van der Waals surface area contributed by atoms with E-state index in [2.05, 4.69) is 10.6 Å². The molecule has 15 heavy (non-hydrogen) atoms. The van der Waals surface area contributed by atoms with Gasteiger partial charge in [0.2, 0.25) is 0 Å². The Hall–Kier alpha value is -1.42. The van der Waals surface area contributed by atoms with Crippen molar-refractivity contribution in [2.45, 2.75) is 12.5 Å². The van der Waals surface area contributed by atoms with Crippen molar-refractivity contribution in [3.8, 4) is 0 Å². The number of hydrogen-bond acceptors (Lipinski definition) is 2. The maximum Gasteiger partial charge on any atom is 0.254 e. The quantitative estimate of drug-likeness (QED) is 0.758. The van der Waals surface area contributed by atoms with Crippen LogP contribution in [0.2, 0.25) is 0 Å². The van der Waals surface area contributed by atoms with Crippen LogP contribution < -0.4 is 10.6 Å². The second-order valence-corrected chi connectivity index (χ2v) is 3.64. The first-order valence-electron chi connectivity index (χ1n) is 5.03. The molecule has 0 spiro atoms. The van der Waals surface area contributed by atoms with Gasteiger partial charge in [0.05, 0.1) is 5.56 Å². The average Bonchev–Trinajstić information content (AvgIpc) is 2.71. The van der Waals surface area contributed by atoms with Crippen molar-refractivity contribution in [3.63, 3.8) is 0 Å². The molecule has 1 fully saturated rings. The van der Waals surface area contributed by atoms with Crippen LogP contribution in [-0.2, 0) is 0 Å². The number of rotatable bonds is 2. The summed E-state index contributed by atoms with van der Waals surface area (Å²) in [5.74, 6) is -0.803.